The molecular weight excluding hydrogens is 416 g/mol. The number of hydrogen-bond acceptors (Lipinski definition) is 5. The van der Waals surface area contributed by atoms with E-state index in [9.17, 15) is 9.59 Å². The Kier molecular flexibility index (Phi) is 5.66. The minimum absolute atomic E-state index is 0.0541. The molecule has 2 amide bonds. The van der Waals surface area contributed by atoms with Gasteiger partial charge in [0.15, 0.2) is 5.82 Å². The van der Waals surface area contributed by atoms with Crippen LogP contribution in [0.3, 0.4) is 0 Å². The molecule has 2 aliphatic heterocycles. The second-order valence-electron chi connectivity index (χ2n) is 8.81. The van der Waals surface area contributed by atoms with Gasteiger partial charge in [0.25, 0.3) is 5.91 Å². The highest BCUT2D eigenvalue weighted by Gasteiger charge is 2.35. The van der Waals surface area contributed by atoms with E-state index < -0.39 is 0 Å². The van der Waals surface area contributed by atoms with Crippen LogP contribution in [0.1, 0.15) is 58.3 Å². The average molecular weight is 445 g/mol. The maximum Gasteiger partial charge on any atom is 0.257 e. The van der Waals surface area contributed by atoms with Crippen LogP contribution in [0.5, 0.6) is 0 Å². The number of carbonyl (C=O) groups excluding carboxylic acids is 2. The first-order chi connectivity index (χ1) is 16.0. The quantitative estimate of drug-likeness (QED) is 0.604. The number of anilines is 1. The van der Waals surface area contributed by atoms with E-state index in [2.05, 4.69) is 17.2 Å². The Morgan fingerprint density at radius 1 is 1.15 bits per heavy atom. The van der Waals surface area contributed by atoms with Gasteiger partial charge in [0.05, 0.1) is 17.8 Å². The summed E-state index contributed by atoms with van der Waals surface area (Å²) in [5.41, 5.74) is 3.69. The van der Waals surface area contributed by atoms with Gasteiger partial charge in [0.2, 0.25) is 5.91 Å². The first kappa shape index (κ1) is 21.3. The topological polar surface area (TPSA) is 84.2 Å². The normalized spacial score (nSPS) is 18.0. The number of hydrogen-bond donors (Lipinski definition) is 0. The average Bonchev–Trinajstić information content (AvgIpc) is 3.48. The zero-order chi connectivity index (χ0) is 22.9. The Morgan fingerprint density at radius 2 is 1.97 bits per heavy atom. The van der Waals surface area contributed by atoms with Crippen molar-refractivity contribution in [1.29, 1.82) is 0 Å². The Bertz CT molecular complexity index is 1190. The van der Waals surface area contributed by atoms with Crippen molar-refractivity contribution in [1.82, 2.24) is 24.6 Å². The number of nitrogens with zero attached hydrogens (tertiary/aromatic N) is 6. The molecule has 1 saturated heterocycles. The van der Waals surface area contributed by atoms with Gasteiger partial charge in [-0.1, -0.05) is 30.3 Å². The molecule has 5 rings (SSSR count). The van der Waals surface area contributed by atoms with Crippen LogP contribution >= 0.6 is 0 Å². The summed E-state index contributed by atoms with van der Waals surface area (Å²) in [5.74, 6) is 1.38. The van der Waals surface area contributed by atoms with Crippen LogP contribution < -0.4 is 4.90 Å². The van der Waals surface area contributed by atoms with Gasteiger partial charge in [-0.2, -0.15) is 5.10 Å². The van der Waals surface area contributed by atoms with E-state index in [1.807, 2.05) is 34.9 Å². The summed E-state index contributed by atoms with van der Waals surface area (Å²) in [5, 5.41) is 4.14. The summed E-state index contributed by atoms with van der Waals surface area (Å²) in [4.78, 5) is 39.4. The van der Waals surface area contributed by atoms with Crippen molar-refractivity contribution in [2.24, 2.45) is 7.05 Å². The molecule has 0 N–H and O–H groups in total. The molecular formula is C25H28N6O2. The van der Waals surface area contributed by atoms with Gasteiger partial charge in [-0.3, -0.25) is 19.2 Å². The molecule has 1 fully saturated rings. The number of rotatable bonds is 5. The number of likely N-dealkylation sites (tertiary alicyclic amines) is 1. The minimum Gasteiger partial charge on any atom is -0.328 e. The Labute approximate surface area is 193 Å². The Balaban J connectivity index is 1.45. The Morgan fingerprint density at radius 3 is 2.73 bits per heavy atom. The molecule has 0 unspecified atom stereocenters. The van der Waals surface area contributed by atoms with Gasteiger partial charge in [0.1, 0.15) is 5.82 Å². The van der Waals surface area contributed by atoms with Crippen LogP contribution in [0, 0.1) is 6.92 Å². The number of aryl methyl sites for hydroxylation is 2. The second-order valence-corrected chi connectivity index (χ2v) is 8.81. The third kappa shape index (κ3) is 4.13. The van der Waals surface area contributed by atoms with Crippen molar-refractivity contribution in [3.05, 3.63) is 70.9 Å². The predicted molar refractivity (Wildman–Crippen MR) is 124 cm³/mol. The highest BCUT2D eigenvalue weighted by Crippen LogP contribution is 2.35. The van der Waals surface area contributed by atoms with E-state index in [4.69, 9.17) is 9.97 Å². The van der Waals surface area contributed by atoms with Crippen molar-refractivity contribution < 1.29 is 9.59 Å². The van der Waals surface area contributed by atoms with E-state index in [1.165, 1.54) is 5.56 Å². The van der Waals surface area contributed by atoms with E-state index in [-0.39, 0.29) is 17.9 Å². The lowest BCUT2D eigenvalue weighted by Gasteiger charge is -2.31. The number of benzene rings is 1. The maximum atomic E-state index is 13.1. The number of carbonyl (C=O) groups is 2. The molecule has 33 heavy (non-hydrogen) atoms. The van der Waals surface area contributed by atoms with Gasteiger partial charge in [-0.25, -0.2) is 9.97 Å². The lowest BCUT2D eigenvalue weighted by atomic mass is 10.0. The Hall–Kier alpha value is -3.55. The standard InChI is InChI=1S/C25H28N6O2/c1-17-20-10-11-22(32)31(14-12-18-7-4-3-5-8-18)24(20)28-23(27-17)21-9-6-13-30(21)25(33)19-15-26-29(2)16-19/h3-5,7-8,15-16,21H,6,9-14H2,1-2H3/t21-/m1/s1. The molecule has 0 radical (unpaired) electrons. The number of amides is 2. The van der Waals surface area contributed by atoms with Crippen molar-refractivity contribution in [2.45, 2.75) is 45.1 Å². The van der Waals surface area contributed by atoms with Crippen LogP contribution in [0.15, 0.2) is 42.7 Å². The van der Waals surface area contributed by atoms with E-state index >= 15 is 0 Å². The molecule has 0 bridgehead atoms. The molecule has 0 saturated carbocycles. The van der Waals surface area contributed by atoms with Crippen LogP contribution in [0.25, 0.3) is 0 Å². The zero-order valence-corrected chi connectivity index (χ0v) is 19.1. The molecule has 3 aromatic rings. The molecule has 1 aromatic carbocycles. The third-order valence-corrected chi connectivity index (χ3v) is 6.59. The number of fused-ring (bicyclic) bond motifs is 1. The highest BCUT2D eigenvalue weighted by atomic mass is 16.2. The van der Waals surface area contributed by atoms with Crippen LogP contribution in [0.4, 0.5) is 5.82 Å². The SMILES string of the molecule is Cc1nc([C@H]2CCCN2C(=O)c2cnn(C)c2)nc2c1CCC(=O)N2CCc1ccccc1. The molecule has 8 heteroatoms. The lowest BCUT2D eigenvalue weighted by Crippen LogP contribution is -2.39. The highest BCUT2D eigenvalue weighted by molar-refractivity contribution is 5.96. The molecule has 0 aliphatic carbocycles. The van der Waals surface area contributed by atoms with Crippen LogP contribution in [-0.4, -0.2) is 49.6 Å². The smallest absolute Gasteiger partial charge is 0.257 e. The molecule has 2 aliphatic rings. The molecule has 4 heterocycles. The lowest BCUT2D eigenvalue weighted by molar-refractivity contribution is -0.118. The predicted octanol–water partition coefficient (Wildman–Crippen LogP) is 3.02. The molecule has 1 atom stereocenters. The van der Waals surface area contributed by atoms with E-state index in [0.717, 1.165) is 30.5 Å². The van der Waals surface area contributed by atoms with Crippen molar-refractivity contribution in [3.8, 4) is 0 Å². The van der Waals surface area contributed by atoms with Gasteiger partial charge >= 0.3 is 0 Å². The van der Waals surface area contributed by atoms with E-state index in [0.29, 0.717) is 43.1 Å². The summed E-state index contributed by atoms with van der Waals surface area (Å²) in [7, 11) is 1.80. The van der Waals surface area contributed by atoms with Gasteiger partial charge < -0.3 is 4.90 Å². The molecule has 170 valence electrons. The fourth-order valence-corrected chi connectivity index (χ4v) is 4.84. The first-order valence-corrected chi connectivity index (χ1v) is 11.5. The molecule has 2 aromatic heterocycles. The van der Waals surface area contributed by atoms with Crippen molar-refractivity contribution in [3.63, 3.8) is 0 Å². The van der Waals surface area contributed by atoms with Crippen molar-refractivity contribution in [2.75, 3.05) is 18.0 Å². The maximum absolute atomic E-state index is 13.1. The molecule has 8 nitrogen and oxygen atoms in total. The summed E-state index contributed by atoms with van der Waals surface area (Å²) in [6, 6.07) is 9.97. The first-order valence-electron chi connectivity index (χ1n) is 11.5. The van der Waals surface area contributed by atoms with Gasteiger partial charge in [-0.05, 0) is 38.2 Å². The minimum atomic E-state index is -0.199. The fraction of sp³-hybridized carbons (Fsp3) is 0.400. The third-order valence-electron chi connectivity index (χ3n) is 6.59. The summed E-state index contributed by atoms with van der Waals surface area (Å²) in [6.45, 7) is 3.22. The monoisotopic (exact) mass is 444 g/mol. The fourth-order valence-electron chi connectivity index (χ4n) is 4.84. The molecule has 0 spiro atoms. The number of aromatic nitrogens is 4. The zero-order valence-electron chi connectivity index (χ0n) is 19.1. The largest absolute Gasteiger partial charge is 0.328 e. The van der Waals surface area contributed by atoms with Crippen molar-refractivity contribution >= 4 is 17.6 Å². The van der Waals surface area contributed by atoms with Crippen LogP contribution in [0.2, 0.25) is 0 Å². The van der Waals surface area contributed by atoms with Gasteiger partial charge in [-0.15, -0.1) is 0 Å². The van der Waals surface area contributed by atoms with E-state index in [1.54, 1.807) is 24.1 Å². The summed E-state index contributed by atoms with van der Waals surface area (Å²) < 4.78 is 1.63. The second kappa shape index (κ2) is 8.77. The summed E-state index contributed by atoms with van der Waals surface area (Å²) >= 11 is 0. The van der Waals surface area contributed by atoms with Crippen LogP contribution in [-0.2, 0) is 24.7 Å². The summed E-state index contributed by atoms with van der Waals surface area (Å²) in [6.07, 6.45) is 6.93. The van der Waals surface area contributed by atoms with Gasteiger partial charge in [0, 0.05) is 44.0 Å².